The first kappa shape index (κ1) is 25.5. The van der Waals surface area contributed by atoms with Gasteiger partial charge in [-0.15, -0.1) is 0 Å². The van der Waals surface area contributed by atoms with Crippen LogP contribution in [0.5, 0.6) is 11.5 Å². The minimum absolute atomic E-state index is 0.0170. The van der Waals surface area contributed by atoms with Crippen LogP contribution in [0.2, 0.25) is 0 Å². The summed E-state index contributed by atoms with van der Waals surface area (Å²) in [5.41, 5.74) is 0.100. The summed E-state index contributed by atoms with van der Waals surface area (Å²) in [5, 5.41) is 16.9. The summed E-state index contributed by atoms with van der Waals surface area (Å²) in [7, 11) is 2.00. The molecule has 0 saturated heterocycles. The highest BCUT2D eigenvalue weighted by atomic mass is 16.7. The van der Waals surface area contributed by atoms with E-state index in [0.29, 0.717) is 18.0 Å². The average molecular weight is 426 g/mol. The standard InChI is InChI=1S/C15H20N2O6.C6H15N/c1-3-4-5-6-16-15(18)23-10(2)11-7-13-14(22-9-21-13)8-12(11)17(19)20;1-3-4-5-6-7-2/h7-8,10H,3-6,9H2,1-2H3,(H,16,18);7H,3-6H2,1-2H3. The zero-order chi connectivity index (χ0) is 22.4. The van der Waals surface area contributed by atoms with E-state index in [2.05, 4.69) is 24.5 Å². The zero-order valence-corrected chi connectivity index (χ0v) is 18.5. The Balaban J connectivity index is 0.000000553. The SMILES string of the molecule is CCCCCNC.CCCCCNC(=O)OC(C)c1cc2c(cc1[N+](=O)[O-])OCO2. The first-order valence-corrected chi connectivity index (χ1v) is 10.6. The van der Waals surface area contributed by atoms with Crippen molar-refractivity contribution in [2.75, 3.05) is 26.9 Å². The Morgan fingerprint density at radius 1 is 1.13 bits per heavy atom. The number of nitro benzene ring substituents is 1. The van der Waals surface area contributed by atoms with E-state index in [1.54, 1.807) is 6.92 Å². The van der Waals surface area contributed by atoms with Crippen LogP contribution in [0.15, 0.2) is 12.1 Å². The Bertz CT molecular complexity index is 664. The summed E-state index contributed by atoms with van der Waals surface area (Å²) < 4.78 is 15.6. The number of rotatable bonds is 11. The van der Waals surface area contributed by atoms with Crippen LogP contribution in [0.3, 0.4) is 0 Å². The molecule has 30 heavy (non-hydrogen) atoms. The van der Waals surface area contributed by atoms with Crippen LogP contribution in [0.25, 0.3) is 0 Å². The number of nitro groups is 1. The minimum Gasteiger partial charge on any atom is -0.454 e. The second-order valence-corrected chi connectivity index (χ2v) is 7.01. The van der Waals surface area contributed by atoms with Crippen molar-refractivity contribution < 1.29 is 23.9 Å². The monoisotopic (exact) mass is 425 g/mol. The molecule has 0 fully saturated rings. The Kier molecular flexibility index (Phi) is 12.3. The van der Waals surface area contributed by atoms with Crippen molar-refractivity contribution in [1.29, 1.82) is 0 Å². The van der Waals surface area contributed by atoms with Gasteiger partial charge in [-0.2, -0.15) is 0 Å². The fraction of sp³-hybridized carbons (Fsp3) is 0.667. The largest absolute Gasteiger partial charge is 0.454 e. The average Bonchev–Trinajstić information content (AvgIpc) is 3.18. The number of unbranched alkanes of at least 4 members (excludes halogenated alkanes) is 4. The number of hydrogen-bond donors (Lipinski definition) is 2. The molecule has 2 rings (SSSR count). The number of alkyl carbamates (subject to hydrolysis) is 1. The van der Waals surface area contributed by atoms with Crippen molar-refractivity contribution in [1.82, 2.24) is 10.6 Å². The highest BCUT2D eigenvalue weighted by molar-refractivity contribution is 5.68. The van der Waals surface area contributed by atoms with Gasteiger partial charge in [-0.3, -0.25) is 10.1 Å². The molecule has 1 unspecified atom stereocenters. The summed E-state index contributed by atoms with van der Waals surface area (Å²) >= 11 is 0. The molecule has 0 aromatic heterocycles. The molecule has 1 heterocycles. The van der Waals surface area contributed by atoms with Crippen LogP contribution in [-0.4, -0.2) is 37.9 Å². The fourth-order valence-corrected chi connectivity index (χ4v) is 2.81. The fourth-order valence-electron chi connectivity index (χ4n) is 2.81. The van der Waals surface area contributed by atoms with Gasteiger partial charge in [-0.1, -0.05) is 39.5 Å². The minimum atomic E-state index is -0.781. The van der Waals surface area contributed by atoms with Crippen LogP contribution in [0.1, 0.15) is 71.0 Å². The Morgan fingerprint density at radius 3 is 2.30 bits per heavy atom. The normalized spacial score (nSPS) is 12.5. The molecule has 1 aromatic rings. The van der Waals surface area contributed by atoms with Gasteiger partial charge in [0, 0.05) is 6.54 Å². The molecular weight excluding hydrogens is 390 g/mol. The Morgan fingerprint density at radius 2 is 1.73 bits per heavy atom. The number of benzene rings is 1. The Labute approximate surface area is 178 Å². The van der Waals surface area contributed by atoms with Crippen molar-refractivity contribution in [3.63, 3.8) is 0 Å². The van der Waals surface area contributed by atoms with Gasteiger partial charge >= 0.3 is 6.09 Å². The summed E-state index contributed by atoms with van der Waals surface area (Å²) in [4.78, 5) is 22.4. The number of carbonyl (C=O) groups is 1. The maximum Gasteiger partial charge on any atom is 0.407 e. The van der Waals surface area contributed by atoms with E-state index < -0.39 is 17.1 Å². The molecule has 9 heteroatoms. The molecule has 1 aromatic carbocycles. The number of hydrogen-bond acceptors (Lipinski definition) is 7. The van der Waals surface area contributed by atoms with Gasteiger partial charge in [0.05, 0.1) is 16.6 Å². The predicted molar refractivity (Wildman–Crippen MR) is 115 cm³/mol. The van der Waals surface area contributed by atoms with Gasteiger partial charge in [0.15, 0.2) is 11.5 Å². The topological polar surface area (TPSA) is 112 Å². The third-order valence-electron chi connectivity index (χ3n) is 4.52. The number of carbonyl (C=O) groups excluding carboxylic acids is 1. The van der Waals surface area contributed by atoms with Crippen molar-refractivity contribution in [2.45, 2.75) is 65.4 Å². The van der Waals surface area contributed by atoms with Gasteiger partial charge < -0.3 is 24.8 Å². The molecule has 0 radical (unpaired) electrons. The van der Waals surface area contributed by atoms with Crippen molar-refractivity contribution in [2.24, 2.45) is 0 Å². The first-order chi connectivity index (χ1) is 14.4. The number of nitrogens with one attached hydrogen (secondary N) is 2. The molecule has 2 N–H and O–H groups in total. The molecule has 0 saturated carbocycles. The van der Waals surface area contributed by atoms with Crippen LogP contribution < -0.4 is 20.1 Å². The second kappa shape index (κ2) is 14.4. The van der Waals surface area contributed by atoms with Crippen LogP contribution in [0.4, 0.5) is 10.5 Å². The van der Waals surface area contributed by atoms with Crippen molar-refractivity contribution >= 4 is 11.8 Å². The summed E-state index contributed by atoms with van der Waals surface area (Å²) in [6.07, 6.45) is 5.57. The smallest absolute Gasteiger partial charge is 0.407 e. The maximum atomic E-state index is 11.7. The lowest BCUT2D eigenvalue weighted by Gasteiger charge is -2.15. The third-order valence-corrected chi connectivity index (χ3v) is 4.52. The van der Waals surface area contributed by atoms with E-state index in [9.17, 15) is 14.9 Å². The molecular formula is C21H35N3O6. The van der Waals surface area contributed by atoms with E-state index in [1.807, 2.05) is 7.05 Å². The molecule has 1 aliphatic heterocycles. The zero-order valence-electron chi connectivity index (χ0n) is 18.5. The van der Waals surface area contributed by atoms with Gasteiger partial charge in [-0.25, -0.2) is 4.79 Å². The third kappa shape index (κ3) is 8.86. The summed E-state index contributed by atoms with van der Waals surface area (Å²) in [6.45, 7) is 7.57. The van der Waals surface area contributed by atoms with Crippen molar-refractivity contribution in [3.8, 4) is 11.5 Å². The van der Waals surface area contributed by atoms with Gasteiger partial charge in [0.1, 0.15) is 6.10 Å². The Hall–Kier alpha value is -2.55. The van der Waals surface area contributed by atoms with Crippen LogP contribution in [0, 0.1) is 10.1 Å². The molecule has 0 spiro atoms. The predicted octanol–water partition coefficient (Wildman–Crippen LogP) is 4.70. The molecule has 9 nitrogen and oxygen atoms in total. The van der Waals surface area contributed by atoms with Crippen LogP contribution >= 0.6 is 0 Å². The second-order valence-electron chi connectivity index (χ2n) is 7.01. The molecule has 0 aliphatic carbocycles. The number of ether oxygens (including phenoxy) is 3. The van der Waals surface area contributed by atoms with E-state index in [0.717, 1.165) is 19.3 Å². The van der Waals surface area contributed by atoms with E-state index >= 15 is 0 Å². The lowest BCUT2D eigenvalue weighted by Crippen LogP contribution is -2.26. The van der Waals surface area contributed by atoms with Crippen LogP contribution in [-0.2, 0) is 4.74 Å². The molecule has 170 valence electrons. The van der Waals surface area contributed by atoms with E-state index in [-0.39, 0.29) is 18.0 Å². The lowest BCUT2D eigenvalue weighted by atomic mass is 10.1. The summed E-state index contributed by atoms with van der Waals surface area (Å²) in [6, 6.07) is 2.77. The maximum absolute atomic E-state index is 11.7. The quantitative estimate of drug-likeness (QED) is 0.300. The molecule has 1 atom stereocenters. The van der Waals surface area contributed by atoms with Crippen molar-refractivity contribution in [3.05, 3.63) is 27.8 Å². The van der Waals surface area contributed by atoms with E-state index in [1.165, 1.54) is 37.9 Å². The molecule has 1 aliphatic rings. The molecule has 0 bridgehead atoms. The highest BCUT2D eigenvalue weighted by Gasteiger charge is 2.27. The lowest BCUT2D eigenvalue weighted by molar-refractivity contribution is -0.386. The first-order valence-electron chi connectivity index (χ1n) is 10.6. The summed E-state index contributed by atoms with van der Waals surface area (Å²) in [5.74, 6) is 0.723. The highest BCUT2D eigenvalue weighted by Crippen LogP contribution is 2.40. The van der Waals surface area contributed by atoms with Gasteiger partial charge in [0.25, 0.3) is 5.69 Å². The van der Waals surface area contributed by atoms with Gasteiger partial charge in [0.2, 0.25) is 6.79 Å². The number of amides is 1. The van der Waals surface area contributed by atoms with E-state index in [4.69, 9.17) is 14.2 Å². The number of fused-ring (bicyclic) bond motifs is 1. The molecule has 1 amide bonds. The number of nitrogens with zero attached hydrogens (tertiary/aromatic N) is 1. The van der Waals surface area contributed by atoms with Gasteiger partial charge in [-0.05, 0) is 39.4 Å².